The number of benzene rings is 1. The molecule has 1 aliphatic rings. The predicted molar refractivity (Wildman–Crippen MR) is 78.5 cm³/mol. The normalized spacial score (nSPS) is 16.3. The zero-order valence-corrected chi connectivity index (χ0v) is 12.5. The molecule has 104 valence electrons. The Morgan fingerprint density at radius 3 is 2.74 bits per heavy atom. The van der Waals surface area contributed by atoms with Gasteiger partial charge in [-0.1, -0.05) is 48.0 Å². The smallest absolute Gasteiger partial charge is 0.224 e. The first-order valence-electron chi connectivity index (χ1n) is 6.90. The molecule has 0 aromatic heterocycles. The molecule has 1 amide bonds. The van der Waals surface area contributed by atoms with Crippen molar-refractivity contribution >= 4 is 27.5 Å². The summed E-state index contributed by atoms with van der Waals surface area (Å²) in [6, 6.07) is 4.66. The molecular formula is C15H19BrFNO. The lowest BCUT2D eigenvalue weighted by Gasteiger charge is -2.21. The van der Waals surface area contributed by atoms with Crippen LogP contribution in [0.3, 0.4) is 0 Å². The standard InChI is InChI=1S/C15H19BrFNO/c16-12-7-8-14(13(17)10-12)18-15(19)9-6-11-4-2-1-3-5-11/h7-8,10-11H,1-6,9H2,(H,18,19). The molecule has 0 heterocycles. The van der Waals surface area contributed by atoms with Crippen molar-refractivity contribution in [3.63, 3.8) is 0 Å². The van der Waals surface area contributed by atoms with Gasteiger partial charge < -0.3 is 5.32 Å². The van der Waals surface area contributed by atoms with Gasteiger partial charge in [-0.2, -0.15) is 0 Å². The minimum atomic E-state index is -0.402. The quantitative estimate of drug-likeness (QED) is 0.838. The SMILES string of the molecule is O=C(CCC1CCCCC1)Nc1ccc(Br)cc1F. The highest BCUT2D eigenvalue weighted by Gasteiger charge is 2.15. The van der Waals surface area contributed by atoms with Crippen molar-refractivity contribution < 1.29 is 9.18 Å². The molecule has 0 aliphatic heterocycles. The van der Waals surface area contributed by atoms with Gasteiger partial charge in [0, 0.05) is 10.9 Å². The summed E-state index contributed by atoms with van der Waals surface area (Å²) >= 11 is 3.19. The monoisotopic (exact) mass is 327 g/mol. The van der Waals surface area contributed by atoms with Gasteiger partial charge in [0.15, 0.2) is 0 Å². The first-order chi connectivity index (χ1) is 9.15. The Kier molecular flexibility index (Phi) is 5.37. The number of anilines is 1. The van der Waals surface area contributed by atoms with Crippen molar-refractivity contribution in [2.45, 2.75) is 44.9 Å². The van der Waals surface area contributed by atoms with E-state index in [4.69, 9.17) is 0 Å². The number of hydrogen-bond acceptors (Lipinski definition) is 1. The minimum absolute atomic E-state index is 0.0909. The van der Waals surface area contributed by atoms with E-state index >= 15 is 0 Å². The zero-order chi connectivity index (χ0) is 13.7. The van der Waals surface area contributed by atoms with Gasteiger partial charge in [-0.15, -0.1) is 0 Å². The first-order valence-corrected chi connectivity index (χ1v) is 7.69. The molecule has 0 unspecified atom stereocenters. The molecule has 1 N–H and O–H groups in total. The van der Waals surface area contributed by atoms with Crippen molar-refractivity contribution in [2.24, 2.45) is 5.92 Å². The van der Waals surface area contributed by atoms with Crippen molar-refractivity contribution in [1.29, 1.82) is 0 Å². The molecule has 0 bridgehead atoms. The molecule has 2 rings (SSSR count). The maximum atomic E-state index is 13.6. The van der Waals surface area contributed by atoms with Crippen LogP contribution in [0.25, 0.3) is 0 Å². The van der Waals surface area contributed by atoms with E-state index in [1.54, 1.807) is 12.1 Å². The third-order valence-electron chi connectivity index (χ3n) is 3.71. The molecule has 2 nitrogen and oxygen atoms in total. The highest BCUT2D eigenvalue weighted by atomic mass is 79.9. The molecule has 4 heteroatoms. The zero-order valence-electron chi connectivity index (χ0n) is 10.9. The van der Waals surface area contributed by atoms with Crippen LogP contribution < -0.4 is 5.32 Å². The van der Waals surface area contributed by atoms with Crippen LogP contribution in [0.4, 0.5) is 10.1 Å². The first kappa shape index (κ1) is 14.5. The van der Waals surface area contributed by atoms with Crippen molar-refractivity contribution in [1.82, 2.24) is 0 Å². The number of hydrogen-bond donors (Lipinski definition) is 1. The summed E-state index contributed by atoms with van der Waals surface area (Å²) in [7, 11) is 0. The van der Waals surface area contributed by atoms with Crippen LogP contribution in [0.5, 0.6) is 0 Å². The summed E-state index contributed by atoms with van der Waals surface area (Å²) < 4.78 is 14.2. The number of carbonyl (C=O) groups is 1. The van der Waals surface area contributed by atoms with Crippen LogP contribution in [0.2, 0.25) is 0 Å². The van der Waals surface area contributed by atoms with Crippen molar-refractivity contribution in [2.75, 3.05) is 5.32 Å². The summed E-state index contributed by atoms with van der Waals surface area (Å²) in [6.07, 6.45) is 7.78. The lowest BCUT2D eigenvalue weighted by atomic mass is 9.86. The fourth-order valence-corrected chi connectivity index (χ4v) is 2.95. The van der Waals surface area contributed by atoms with Crippen LogP contribution in [0.1, 0.15) is 44.9 Å². The molecule has 1 saturated carbocycles. The molecule has 0 spiro atoms. The van der Waals surface area contributed by atoms with Gasteiger partial charge in [0.05, 0.1) is 5.69 Å². The summed E-state index contributed by atoms with van der Waals surface area (Å²) in [5.74, 6) is 0.182. The Balaban J connectivity index is 1.80. The highest BCUT2D eigenvalue weighted by molar-refractivity contribution is 9.10. The Morgan fingerprint density at radius 2 is 2.05 bits per heavy atom. The van der Waals surface area contributed by atoms with E-state index in [1.165, 1.54) is 38.2 Å². The van der Waals surface area contributed by atoms with Crippen LogP contribution in [-0.2, 0) is 4.79 Å². The Bertz CT molecular complexity index is 444. The summed E-state index contributed by atoms with van der Waals surface area (Å²) in [5.41, 5.74) is 0.261. The van der Waals surface area contributed by atoms with E-state index in [1.807, 2.05) is 0 Å². The lowest BCUT2D eigenvalue weighted by Crippen LogP contribution is -2.15. The maximum absolute atomic E-state index is 13.6. The molecule has 1 aromatic carbocycles. The van der Waals surface area contributed by atoms with Crippen molar-refractivity contribution in [3.05, 3.63) is 28.5 Å². The molecule has 1 aliphatic carbocycles. The predicted octanol–water partition coefficient (Wildman–Crippen LogP) is 4.89. The summed E-state index contributed by atoms with van der Waals surface area (Å²) in [6.45, 7) is 0. The van der Waals surface area contributed by atoms with Crippen LogP contribution >= 0.6 is 15.9 Å². The Morgan fingerprint density at radius 1 is 1.32 bits per heavy atom. The van der Waals surface area contributed by atoms with Gasteiger partial charge >= 0.3 is 0 Å². The second-order valence-corrected chi connectivity index (χ2v) is 6.13. The second-order valence-electron chi connectivity index (χ2n) is 5.22. The van der Waals surface area contributed by atoms with Crippen LogP contribution in [0.15, 0.2) is 22.7 Å². The Hall–Kier alpha value is -0.900. The van der Waals surface area contributed by atoms with E-state index in [9.17, 15) is 9.18 Å². The highest BCUT2D eigenvalue weighted by Crippen LogP contribution is 2.27. The van der Waals surface area contributed by atoms with E-state index in [0.29, 0.717) is 16.8 Å². The minimum Gasteiger partial charge on any atom is -0.324 e. The fourth-order valence-electron chi connectivity index (χ4n) is 2.61. The second kappa shape index (κ2) is 7.04. The largest absolute Gasteiger partial charge is 0.324 e. The average molecular weight is 328 g/mol. The molecular weight excluding hydrogens is 309 g/mol. The van der Waals surface area contributed by atoms with Gasteiger partial charge in [0.25, 0.3) is 0 Å². The number of amides is 1. The lowest BCUT2D eigenvalue weighted by molar-refractivity contribution is -0.116. The summed E-state index contributed by atoms with van der Waals surface area (Å²) in [5, 5.41) is 2.64. The third-order valence-corrected chi connectivity index (χ3v) is 4.20. The topological polar surface area (TPSA) is 29.1 Å². The molecule has 0 radical (unpaired) electrons. The van der Waals surface area contributed by atoms with E-state index < -0.39 is 5.82 Å². The number of rotatable bonds is 4. The molecule has 0 atom stereocenters. The van der Waals surface area contributed by atoms with Gasteiger partial charge in [-0.05, 0) is 30.5 Å². The number of carbonyl (C=O) groups excluding carboxylic acids is 1. The summed E-state index contributed by atoms with van der Waals surface area (Å²) in [4.78, 5) is 11.8. The average Bonchev–Trinajstić information content (AvgIpc) is 2.41. The van der Waals surface area contributed by atoms with Crippen LogP contribution in [-0.4, -0.2) is 5.91 Å². The van der Waals surface area contributed by atoms with Gasteiger partial charge in [0.2, 0.25) is 5.91 Å². The molecule has 1 aromatic rings. The van der Waals surface area contributed by atoms with Gasteiger partial charge in [-0.25, -0.2) is 4.39 Å². The van der Waals surface area contributed by atoms with Gasteiger partial charge in [-0.3, -0.25) is 4.79 Å². The molecule has 0 saturated heterocycles. The van der Waals surface area contributed by atoms with E-state index in [-0.39, 0.29) is 11.6 Å². The van der Waals surface area contributed by atoms with E-state index in [0.717, 1.165) is 6.42 Å². The Labute approximate surface area is 121 Å². The van der Waals surface area contributed by atoms with Crippen LogP contribution in [0, 0.1) is 11.7 Å². The maximum Gasteiger partial charge on any atom is 0.224 e. The molecule has 1 fully saturated rings. The third kappa shape index (κ3) is 4.60. The molecule has 19 heavy (non-hydrogen) atoms. The fraction of sp³-hybridized carbons (Fsp3) is 0.533. The van der Waals surface area contributed by atoms with Gasteiger partial charge in [0.1, 0.15) is 5.82 Å². The van der Waals surface area contributed by atoms with Crippen molar-refractivity contribution in [3.8, 4) is 0 Å². The van der Waals surface area contributed by atoms with E-state index in [2.05, 4.69) is 21.2 Å². The number of nitrogens with one attached hydrogen (secondary N) is 1. The number of halogens is 2.